The summed E-state index contributed by atoms with van der Waals surface area (Å²) in [7, 11) is 0. The highest BCUT2D eigenvalue weighted by molar-refractivity contribution is 5.94. The summed E-state index contributed by atoms with van der Waals surface area (Å²) in [4.78, 5) is 34.9. The lowest BCUT2D eigenvalue weighted by molar-refractivity contribution is 0.0433. The van der Waals surface area contributed by atoms with Crippen LogP contribution in [0, 0.1) is 6.92 Å². The molecular weight excluding hydrogens is 404 g/mol. The van der Waals surface area contributed by atoms with E-state index in [2.05, 4.69) is 9.88 Å². The number of hydrogen-bond acceptors (Lipinski definition) is 5. The molecule has 2 saturated heterocycles. The van der Waals surface area contributed by atoms with Crippen molar-refractivity contribution >= 4 is 16.8 Å². The molecule has 0 N–H and O–H groups in total. The van der Waals surface area contributed by atoms with E-state index < -0.39 is 0 Å². The van der Waals surface area contributed by atoms with Crippen LogP contribution in [0.2, 0.25) is 0 Å². The third-order valence-electron chi connectivity index (χ3n) is 6.46. The summed E-state index contributed by atoms with van der Waals surface area (Å²) in [6.45, 7) is 6.86. The summed E-state index contributed by atoms with van der Waals surface area (Å²) in [6, 6.07) is 14.6. The van der Waals surface area contributed by atoms with E-state index in [0.717, 1.165) is 52.2 Å². The Morgan fingerprint density at radius 2 is 1.81 bits per heavy atom. The van der Waals surface area contributed by atoms with Gasteiger partial charge in [0.05, 0.1) is 22.7 Å². The minimum Gasteiger partial charge on any atom is -0.377 e. The Labute approximate surface area is 187 Å². The highest BCUT2D eigenvalue weighted by Crippen LogP contribution is 2.17. The average molecular weight is 433 g/mol. The fourth-order valence-corrected chi connectivity index (χ4v) is 4.69. The van der Waals surface area contributed by atoms with Crippen LogP contribution in [-0.2, 0) is 4.74 Å². The molecule has 2 aliphatic heterocycles. The predicted octanol–water partition coefficient (Wildman–Crippen LogP) is 2.63. The molecule has 1 atom stereocenters. The van der Waals surface area contributed by atoms with Gasteiger partial charge in [-0.3, -0.25) is 19.1 Å². The molecule has 0 spiro atoms. The predicted molar refractivity (Wildman–Crippen MR) is 123 cm³/mol. The summed E-state index contributed by atoms with van der Waals surface area (Å²) in [6.07, 6.45) is 2.64. The minimum atomic E-state index is -0.102. The third-order valence-corrected chi connectivity index (χ3v) is 6.46. The van der Waals surface area contributed by atoms with E-state index in [1.54, 1.807) is 22.8 Å². The Morgan fingerprint density at radius 3 is 2.53 bits per heavy atom. The van der Waals surface area contributed by atoms with E-state index in [9.17, 15) is 9.59 Å². The molecule has 2 fully saturated rings. The monoisotopic (exact) mass is 432 g/mol. The number of ether oxygens (including phenoxy) is 1. The van der Waals surface area contributed by atoms with Gasteiger partial charge in [-0.25, -0.2) is 4.98 Å². The van der Waals surface area contributed by atoms with E-state index in [0.29, 0.717) is 34.1 Å². The first-order chi connectivity index (χ1) is 15.6. The molecule has 32 heavy (non-hydrogen) atoms. The Morgan fingerprint density at radius 1 is 1.06 bits per heavy atom. The van der Waals surface area contributed by atoms with E-state index in [1.165, 1.54) is 0 Å². The Bertz CT molecular complexity index is 1170. The maximum atomic E-state index is 13.0. The molecule has 3 heterocycles. The summed E-state index contributed by atoms with van der Waals surface area (Å²) >= 11 is 0. The molecule has 0 aliphatic carbocycles. The average Bonchev–Trinajstić information content (AvgIpc) is 3.33. The van der Waals surface area contributed by atoms with Gasteiger partial charge in [-0.05, 0) is 56.2 Å². The number of para-hydroxylation sites is 1. The van der Waals surface area contributed by atoms with Crippen molar-refractivity contribution in [2.24, 2.45) is 0 Å². The number of piperazine rings is 1. The van der Waals surface area contributed by atoms with Crippen LogP contribution in [0.25, 0.3) is 16.6 Å². The lowest BCUT2D eigenvalue weighted by Gasteiger charge is -2.35. The summed E-state index contributed by atoms with van der Waals surface area (Å²) < 4.78 is 7.33. The van der Waals surface area contributed by atoms with Gasteiger partial charge in [-0.1, -0.05) is 12.1 Å². The van der Waals surface area contributed by atoms with Gasteiger partial charge >= 0.3 is 0 Å². The zero-order valence-corrected chi connectivity index (χ0v) is 18.4. The van der Waals surface area contributed by atoms with Gasteiger partial charge in [-0.2, -0.15) is 0 Å². The second-order valence-corrected chi connectivity index (χ2v) is 8.59. The lowest BCUT2D eigenvalue weighted by atomic mass is 10.1. The van der Waals surface area contributed by atoms with Gasteiger partial charge in [0.2, 0.25) is 0 Å². The zero-order valence-electron chi connectivity index (χ0n) is 18.4. The van der Waals surface area contributed by atoms with E-state index >= 15 is 0 Å². The number of rotatable bonds is 4. The van der Waals surface area contributed by atoms with Crippen molar-refractivity contribution in [2.45, 2.75) is 25.9 Å². The second kappa shape index (κ2) is 8.84. The number of fused-ring (bicyclic) bond motifs is 1. The van der Waals surface area contributed by atoms with Gasteiger partial charge in [0.15, 0.2) is 0 Å². The molecule has 166 valence electrons. The summed E-state index contributed by atoms with van der Waals surface area (Å²) in [5.74, 6) is 0.657. The van der Waals surface area contributed by atoms with Crippen LogP contribution < -0.4 is 5.56 Å². The SMILES string of the molecule is Cc1nc2ccccc2c(=O)n1-c1ccc(C(=O)N2CCN(C[C@@H]3CCCO3)CC2)cc1. The lowest BCUT2D eigenvalue weighted by Crippen LogP contribution is -2.50. The van der Waals surface area contributed by atoms with E-state index in [-0.39, 0.29) is 11.5 Å². The van der Waals surface area contributed by atoms with Gasteiger partial charge in [0, 0.05) is 44.9 Å². The standard InChI is InChI=1S/C25H28N4O3/c1-18-26-23-7-3-2-6-22(23)25(31)29(18)20-10-8-19(9-11-20)24(30)28-14-12-27(13-15-28)17-21-5-4-16-32-21/h2-3,6-11,21H,4-5,12-17H2,1H3/t21-/m0/s1. The summed E-state index contributed by atoms with van der Waals surface area (Å²) in [5.41, 5.74) is 1.94. The van der Waals surface area contributed by atoms with Crippen molar-refractivity contribution in [1.29, 1.82) is 0 Å². The van der Waals surface area contributed by atoms with Crippen LogP contribution in [0.1, 0.15) is 29.0 Å². The molecule has 0 unspecified atom stereocenters. The molecule has 1 amide bonds. The molecule has 0 bridgehead atoms. The maximum absolute atomic E-state index is 13.0. The van der Waals surface area contributed by atoms with Gasteiger partial charge < -0.3 is 9.64 Å². The molecule has 0 radical (unpaired) electrons. The van der Waals surface area contributed by atoms with Crippen LogP contribution >= 0.6 is 0 Å². The van der Waals surface area contributed by atoms with Gasteiger partial charge in [0.1, 0.15) is 5.82 Å². The van der Waals surface area contributed by atoms with Crippen molar-refractivity contribution < 1.29 is 9.53 Å². The molecular formula is C25H28N4O3. The molecule has 1 aromatic heterocycles. The van der Waals surface area contributed by atoms with E-state index in [4.69, 9.17) is 4.74 Å². The van der Waals surface area contributed by atoms with Crippen molar-refractivity contribution in [3.05, 3.63) is 70.3 Å². The number of carbonyl (C=O) groups is 1. The first kappa shape index (κ1) is 20.8. The fourth-order valence-electron chi connectivity index (χ4n) is 4.69. The number of benzene rings is 2. The normalized spacial score (nSPS) is 19.5. The Kier molecular flexibility index (Phi) is 5.76. The van der Waals surface area contributed by atoms with Crippen molar-refractivity contribution in [2.75, 3.05) is 39.3 Å². The molecule has 5 rings (SSSR count). The molecule has 3 aromatic rings. The van der Waals surface area contributed by atoms with E-state index in [1.807, 2.05) is 42.2 Å². The van der Waals surface area contributed by atoms with Gasteiger partial charge in [0.25, 0.3) is 11.5 Å². The quantitative estimate of drug-likeness (QED) is 0.634. The summed E-state index contributed by atoms with van der Waals surface area (Å²) in [5, 5.41) is 0.583. The number of aromatic nitrogens is 2. The number of nitrogens with zero attached hydrogens (tertiary/aromatic N) is 4. The number of hydrogen-bond donors (Lipinski definition) is 0. The topological polar surface area (TPSA) is 67.7 Å². The Hall–Kier alpha value is -3.03. The minimum absolute atomic E-state index is 0.0361. The molecule has 2 aromatic carbocycles. The Balaban J connectivity index is 1.29. The van der Waals surface area contributed by atoms with Crippen LogP contribution in [0.3, 0.4) is 0 Å². The maximum Gasteiger partial charge on any atom is 0.265 e. The van der Waals surface area contributed by atoms with Crippen molar-refractivity contribution in [3.63, 3.8) is 0 Å². The third kappa shape index (κ3) is 4.06. The van der Waals surface area contributed by atoms with Crippen LogP contribution in [0.15, 0.2) is 53.3 Å². The second-order valence-electron chi connectivity index (χ2n) is 8.59. The molecule has 2 aliphatic rings. The van der Waals surface area contributed by atoms with Gasteiger partial charge in [-0.15, -0.1) is 0 Å². The largest absolute Gasteiger partial charge is 0.377 e. The molecule has 7 nitrogen and oxygen atoms in total. The first-order valence-electron chi connectivity index (χ1n) is 11.3. The number of carbonyl (C=O) groups excluding carboxylic acids is 1. The number of aryl methyl sites for hydroxylation is 1. The van der Waals surface area contributed by atoms with Crippen LogP contribution in [0.4, 0.5) is 0 Å². The van der Waals surface area contributed by atoms with Crippen molar-refractivity contribution in [1.82, 2.24) is 19.4 Å². The smallest absolute Gasteiger partial charge is 0.265 e. The zero-order chi connectivity index (χ0) is 22.1. The molecule has 0 saturated carbocycles. The highest BCUT2D eigenvalue weighted by Gasteiger charge is 2.25. The van der Waals surface area contributed by atoms with Crippen molar-refractivity contribution in [3.8, 4) is 5.69 Å². The number of amides is 1. The van der Waals surface area contributed by atoms with Crippen LogP contribution in [0.5, 0.6) is 0 Å². The molecule has 7 heteroatoms. The fraction of sp³-hybridized carbons (Fsp3) is 0.400. The highest BCUT2D eigenvalue weighted by atomic mass is 16.5. The first-order valence-corrected chi connectivity index (χ1v) is 11.3. The van der Waals surface area contributed by atoms with Crippen LogP contribution in [-0.4, -0.2) is 70.7 Å².